The molecule has 2 fully saturated rings. The van der Waals surface area contributed by atoms with Crippen molar-refractivity contribution in [3.8, 4) is 11.5 Å². The highest BCUT2D eigenvalue weighted by atomic mass is 16.6. The summed E-state index contributed by atoms with van der Waals surface area (Å²) in [6.07, 6.45) is 5.09. The topological polar surface area (TPSA) is 136 Å². The fraction of sp³-hybridized carbons (Fsp3) is 0.771. The third kappa shape index (κ3) is 8.31. The fourth-order valence-corrected chi connectivity index (χ4v) is 8.07. The second-order valence-corrected chi connectivity index (χ2v) is 12.6. The second kappa shape index (κ2) is 18.2. The number of hydrogen-bond donors (Lipinski definition) is 3. The van der Waals surface area contributed by atoms with Gasteiger partial charge in [-0.15, -0.1) is 6.58 Å². The summed E-state index contributed by atoms with van der Waals surface area (Å²) in [5, 5.41) is 26.9. The highest BCUT2D eigenvalue weighted by Crippen LogP contribution is 2.67. The Morgan fingerprint density at radius 3 is 1.98 bits per heavy atom. The average Bonchev–Trinajstić information content (AvgIpc) is 3.43. The quantitative estimate of drug-likeness (QED) is 0.104. The van der Waals surface area contributed by atoms with Gasteiger partial charge in [-0.1, -0.05) is 12.1 Å². The van der Waals surface area contributed by atoms with Crippen LogP contribution in [-0.2, 0) is 49.7 Å². The van der Waals surface area contributed by atoms with E-state index in [0.29, 0.717) is 118 Å². The van der Waals surface area contributed by atoms with Crippen LogP contribution in [0.15, 0.2) is 24.8 Å². The molecule has 6 atom stereocenters. The Kier molecular flexibility index (Phi) is 14.1. The molecule has 1 spiro atoms. The summed E-state index contributed by atoms with van der Waals surface area (Å²) in [4.78, 5) is 0. The second-order valence-electron chi connectivity index (χ2n) is 12.6. The maximum absolute atomic E-state index is 12.5. The minimum absolute atomic E-state index is 0.0567. The van der Waals surface area contributed by atoms with E-state index in [4.69, 9.17) is 42.6 Å². The highest BCUT2D eigenvalue weighted by molar-refractivity contribution is 5.62. The predicted octanol–water partition coefficient (Wildman–Crippen LogP) is 2.16. The molecule has 0 amide bonds. The zero-order valence-electron chi connectivity index (χ0n) is 28.0. The maximum Gasteiger partial charge on any atom is 0.165 e. The first kappa shape index (κ1) is 36.4. The first-order valence-electron chi connectivity index (χ1n) is 17.2. The van der Waals surface area contributed by atoms with E-state index in [2.05, 4.69) is 11.9 Å². The molecule has 266 valence electrons. The van der Waals surface area contributed by atoms with Gasteiger partial charge in [0.25, 0.3) is 0 Å². The summed E-state index contributed by atoms with van der Waals surface area (Å²) in [5.41, 5.74) is 0.648. The molecule has 3 aliphatic carbocycles. The highest BCUT2D eigenvalue weighted by Gasteiger charge is 2.73. The van der Waals surface area contributed by atoms with Gasteiger partial charge >= 0.3 is 0 Å². The summed E-state index contributed by atoms with van der Waals surface area (Å²) in [6, 6.07) is 3.93. The van der Waals surface area contributed by atoms with Crippen molar-refractivity contribution in [2.24, 2.45) is 5.92 Å². The molecule has 2 saturated carbocycles. The van der Waals surface area contributed by atoms with Gasteiger partial charge in [0.2, 0.25) is 0 Å². The Bertz CT molecular complexity index is 1110. The molecule has 1 aromatic carbocycles. The zero-order chi connectivity index (χ0) is 33.0. The lowest BCUT2D eigenvalue weighted by Crippen LogP contribution is -2.74. The minimum atomic E-state index is -0.930. The van der Waals surface area contributed by atoms with Gasteiger partial charge < -0.3 is 58.2 Å². The number of phenolic OH excluding ortho intramolecular Hbond substituents is 1. The number of rotatable bonds is 25. The van der Waals surface area contributed by atoms with Gasteiger partial charge in [0.05, 0.1) is 110 Å². The Hall–Kier alpha value is -1.84. The number of ether oxygens (including phenoxy) is 9. The monoisotopic (exact) mass is 665 g/mol. The molecule has 0 radical (unpaired) electrons. The lowest BCUT2D eigenvalue weighted by atomic mass is 9.44. The molecule has 47 heavy (non-hydrogen) atoms. The molecule has 3 N–H and O–H groups in total. The fourth-order valence-electron chi connectivity index (χ4n) is 8.07. The smallest absolute Gasteiger partial charge is 0.165 e. The normalized spacial score (nSPS) is 28.6. The van der Waals surface area contributed by atoms with E-state index in [1.807, 2.05) is 12.1 Å². The molecule has 0 saturated heterocycles. The van der Waals surface area contributed by atoms with Gasteiger partial charge in [0.15, 0.2) is 11.5 Å². The van der Waals surface area contributed by atoms with Gasteiger partial charge in [-0.05, 0) is 43.7 Å². The molecule has 5 rings (SSSR count). The summed E-state index contributed by atoms with van der Waals surface area (Å²) in [5.74, 6) is 0.725. The van der Waals surface area contributed by atoms with E-state index in [0.717, 1.165) is 24.8 Å². The number of phenols is 1. The van der Waals surface area contributed by atoms with E-state index in [9.17, 15) is 10.2 Å². The molecule has 4 aliphatic rings. The van der Waals surface area contributed by atoms with E-state index in [-0.39, 0.29) is 29.9 Å². The van der Waals surface area contributed by atoms with Crippen LogP contribution in [0.2, 0.25) is 0 Å². The van der Waals surface area contributed by atoms with E-state index >= 15 is 0 Å². The molecule has 1 heterocycles. The minimum Gasteiger partial charge on any atom is -0.504 e. The van der Waals surface area contributed by atoms with Crippen LogP contribution in [-0.4, -0.2) is 140 Å². The zero-order valence-corrected chi connectivity index (χ0v) is 28.0. The molecule has 0 aromatic heterocycles. The predicted molar refractivity (Wildman–Crippen MR) is 173 cm³/mol. The molecule has 2 bridgehead atoms. The summed E-state index contributed by atoms with van der Waals surface area (Å²) in [7, 11) is 1.65. The third-order valence-corrected chi connectivity index (χ3v) is 10.1. The Balaban J connectivity index is 0.939. The summed E-state index contributed by atoms with van der Waals surface area (Å²) in [6.45, 7) is 11.6. The lowest BCUT2D eigenvalue weighted by molar-refractivity contribution is -0.211. The Morgan fingerprint density at radius 1 is 0.830 bits per heavy atom. The lowest BCUT2D eigenvalue weighted by Gasteiger charge is -2.63. The first-order chi connectivity index (χ1) is 23.1. The van der Waals surface area contributed by atoms with Crippen molar-refractivity contribution in [1.82, 2.24) is 5.32 Å². The van der Waals surface area contributed by atoms with Crippen LogP contribution in [0.1, 0.15) is 36.8 Å². The van der Waals surface area contributed by atoms with Crippen molar-refractivity contribution >= 4 is 0 Å². The Morgan fingerprint density at radius 2 is 1.40 bits per heavy atom. The van der Waals surface area contributed by atoms with Crippen LogP contribution in [0.3, 0.4) is 0 Å². The molecule has 12 nitrogen and oxygen atoms in total. The number of nitrogens with one attached hydrogen (secondary N) is 1. The van der Waals surface area contributed by atoms with Crippen molar-refractivity contribution < 1.29 is 52.8 Å². The summed E-state index contributed by atoms with van der Waals surface area (Å²) >= 11 is 0. The number of benzene rings is 1. The standard InChI is InChI=1S/C35H55NO11/c1-3-10-36-28-6-8-34-31-26-4-5-29(37)32(31)47-33(34)30(7-9-35(34,38)27(28)25-26)46-24-23-45-22-21-44-20-19-43-18-17-42-16-15-41-14-13-40-12-11-39-2/h3-5,27-28,30,33,36-38H,1,6-25H2,2H3/t27-,28?,30+,33-,34-,35+/m0/s1. The number of aliphatic hydroxyl groups is 1. The van der Waals surface area contributed by atoms with Crippen molar-refractivity contribution in [3.63, 3.8) is 0 Å². The van der Waals surface area contributed by atoms with Crippen molar-refractivity contribution in [1.29, 1.82) is 0 Å². The Labute approximate surface area is 278 Å². The van der Waals surface area contributed by atoms with Crippen LogP contribution in [0.5, 0.6) is 11.5 Å². The van der Waals surface area contributed by atoms with Gasteiger partial charge in [-0.2, -0.15) is 0 Å². The number of methoxy groups -OCH3 is 1. The molecule has 1 aromatic rings. The third-order valence-electron chi connectivity index (χ3n) is 10.1. The SMILES string of the molecule is C=CCNC1CC[C@]23c4c5ccc(O)c4O[C@H]2[C@H](OCCOCCOCCOCCOCCOCCOCCOC)CC[C@@]3(O)[C@H]1C5. The van der Waals surface area contributed by atoms with Crippen molar-refractivity contribution in [2.45, 2.75) is 61.4 Å². The molecule has 12 heteroatoms. The van der Waals surface area contributed by atoms with Crippen LogP contribution >= 0.6 is 0 Å². The van der Waals surface area contributed by atoms with E-state index < -0.39 is 11.0 Å². The van der Waals surface area contributed by atoms with Crippen LogP contribution in [0, 0.1) is 5.92 Å². The van der Waals surface area contributed by atoms with E-state index in [1.54, 1.807) is 13.2 Å². The number of hydrogen-bond acceptors (Lipinski definition) is 12. The number of aromatic hydroxyl groups is 1. The van der Waals surface area contributed by atoms with Crippen LogP contribution in [0.25, 0.3) is 0 Å². The van der Waals surface area contributed by atoms with Crippen molar-refractivity contribution in [2.75, 3.05) is 106 Å². The van der Waals surface area contributed by atoms with Crippen LogP contribution in [0.4, 0.5) is 0 Å². The average molecular weight is 666 g/mol. The van der Waals surface area contributed by atoms with Gasteiger partial charge in [-0.3, -0.25) is 0 Å². The molecular formula is C35H55NO11. The largest absolute Gasteiger partial charge is 0.504 e. The molecule has 1 aliphatic heterocycles. The van der Waals surface area contributed by atoms with Gasteiger partial charge in [0.1, 0.15) is 6.10 Å². The van der Waals surface area contributed by atoms with Gasteiger partial charge in [0, 0.05) is 31.2 Å². The van der Waals surface area contributed by atoms with Gasteiger partial charge in [-0.25, -0.2) is 0 Å². The first-order valence-corrected chi connectivity index (χ1v) is 17.2. The van der Waals surface area contributed by atoms with Crippen molar-refractivity contribution in [3.05, 3.63) is 35.9 Å². The van der Waals surface area contributed by atoms with E-state index in [1.165, 1.54) is 5.56 Å². The summed E-state index contributed by atoms with van der Waals surface area (Å²) < 4.78 is 51.0. The maximum atomic E-state index is 12.5. The molecule has 1 unspecified atom stereocenters. The molecular weight excluding hydrogens is 610 g/mol. The van der Waals surface area contributed by atoms with Crippen LogP contribution < -0.4 is 10.1 Å².